The molecule has 3 rings (SSSR count). The molecule has 0 spiro atoms. The predicted molar refractivity (Wildman–Crippen MR) is 118 cm³/mol. The molecule has 2 heterocycles. The highest BCUT2D eigenvalue weighted by atomic mass is 35.5. The van der Waals surface area contributed by atoms with Gasteiger partial charge in [0.05, 0.1) is 11.6 Å². The van der Waals surface area contributed by atoms with Crippen molar-refractivity contribution in [2.24, 2.45) is 0 Å². The molecule has 0 unspecified atom stereocenters. The van der Waals surface area contributed by atoms with Crippen LogP contribution in [0.3, 0.4) is 0 Å². The number of piperazine rings is 1. The van der Waals surface area contributed by atoms with Gasteiger partial charge in [0.25, 0.3) is 0 Å². The van der Waals surface area contributed by atoms with Gasteiger partial charge in [-0.3, -0.25) is 4.79 Å². The zero-order valence-corrected chi connectivity index (χ0v) is 18.0. The summed E-state index contributed by atoms with van der Waals surface area (Å²) in [6.07, 6.45) is 7.03. The van der Waals surface area contributed by atoms with Gasteiger partial charge in [-0.2, -0.15) is 0 Å². The van der Waals surface area contributed by atoms with Crippen molar-refractivity contribution in [2.45, 2.75) is 13.8 Å². The van der Waals surface area contributed by atoms with E-state index in [9.17, 15) is 14.3 Å². The van der Waals surface area contributed by atoms with Gasteiger partial charge in [0.2, 0.25) is 5.91 Å². The average Bonchev–Trinajstić information content (AvgIpc) is 2.76. The number of fused-ring (bicyclic) bond motifs is 1. The largest absolute Gasteiger partial charge is 0.392 e. The van der Waals surface area contributed by atoms with E-state index in [-0.39, 0.29) is 27.6 Å². The number of rotatable bonds is 5. The zero-order valence-electron chi connectivity index (χ0n) is 17.3. The number of aliphatic hydroxyl groups excluding tert-OH is 1. The van der Waals surface area contributed by atoms with Crippen molar-refractivity contribution in [3.63, 3.8) is 0 Å². The van der Waals surface area contributed by atoms with Crippen LogP contribution in [0.15, 0.2) is 42.5 Å². The maximum absolute atomic E-state index is 15.4. The maximum atomic E-state index is 15.4. The molecule has 1 amide bonds. The van der Waals surface area contributed by atoms with Crippen LogP contribution in [0, 0.1) is 5.82 Å². The summed E-state index contributed by atoms with van der Waals surface area (Å²) in [6.45, 7) is 4.68. The quantitative estimate of drug-likeness (QED) is 0.555. The monoisotopic (exact) mass is 448 g/mol. The van der Waals surface area contributed by atoms with Crippen LogP contribution in [-0.4, -0.2) is 58.7 Å². The molecule has 0 saturated carbocycles. The predicted octanol–water partition coefficient (Wildman–Crippen LogP) is 3.90. The molecule has 1 aliphatic rings. The molecule has 0 bridgehead atoms. The van der Waals surface area contributed by atoms with Gasteiger partial charge in [0.1, 0.15) is 23.5 Å². The van der Waals surface area contributed by atoms with Crippen LogP contribution in [0.4, 0.5) is 14.6 Å². The van der Waals surface area contributed by atoms with Crippen LogP contribution in [0.2, 0.25) is 5.02 Å². The van der Waals surface area contributed by atoms with Gasteiger partial charge >= 0.3 is 0 Å². The molecule has 1 aliphatic heterocycles. The molecule has 1 aromatic heterocycles. The van der Waals surface area contributed by atoms with Crippen LogP contribution < -0.4 is 4.90 Å². The first-order chi connectivity index (χ1) is 14.9. The Kier molecular flexibility index (Phi) is 7.35. The highest BCUT2D eigenvalue weighted by Crippen LogP contribution is 2.36. The minimum atomic E-state index is -0.822. The maximum Gasteiger partial charge on any atom is 0.246 e. The number of benzene rings is 1. The van der Waals surface area contributed by atoms with Crippen molar-refractivity contribution in [3.8, 4) is 0 Å². The van der Waals surface area contributed by atoms with Gasteiger partial charge in [-0.25, -0.2) is 18.7 Å². The number of halogens is 3. The smallest absolute Gasteiger partial charge is 0.246 e. The number of carbonyl (C=O) groups excluding carboxylic acids is 1. The molecule has 9 heteroatoms. The Labute approximate surface area is 184 Å². The standard InChI is InChI=1S/C22H23ClF2N4O2/c1-3-5-17(24)15(12-30)19-16(23)11-14-21(20(19)25)26-13-27-22(14)29-9-7-28(8-10-29)18(31)6-4-2/h3-6,11,13,30H,7-10,12H2,1-2H3/b5-3-,6-4+,17-15-. The molecule has 1 fully saturated rings. The van der Waals surface area contributed by atoms with Crippen molar-refractivity contribution in [1.29, 1.82) is 0 Å². The lowest BCUT2D eigenvalue weighted by Gasteiger charge is -2.35. The summed E-state index contributed by atoms with van der Waals surface area (Å²) in [5.74, 6) is -1.17. The highest BCUT2D eigenvalue weighted by Gasteiger charge is 2.25. The lowest BCUT2D eigenvalue weighted by Crippen LogP contribution is -2.48. The molecule has 1 N–H and O–H groups in total. The molecule has 0 radical (unpaired) electrons. The van der Waals surface area contributed by atoms with E-state index in [1.54, 1.807) is 24.8 Å². The number of carbonyl (C=O) groups is 1. The summed E-state index contributed by atoms with van der Waals surface area (Å²) in [5.41, 5.74) is -0.492. The third-order valence-corrected chi connectivity index (χ3v) is 5.36. The molecule has 0 atom stereocenters. The Morgan fingerprint density at radius 1 is 1.19 bits per heavy atom. The number of hydrogen-bond acceptors (Lipinski definition) is 5. The number of aliphatic hydroxyl groups is 1. The first-order valence-electron chi connectivity index (χ1n) is 9.84. The van der Waals surface area contributed by atoms with E-state index >= 15 is 4.39 Å². The van der Waals surface area contributed by atoms with E-state index in [1.165, 1.54) is 24.5 Å². The van der Waals surface area contributed by atoms with Crippen LogP contribution in [0.25, 0.3) is 16.5 Å². The Morgan fingerprint density at radius 2 is 1.87 bits per heavy atom. The summed E-state index contributed by atoms with van der Waals surface area (Å²) in [6, 6.07) is 1.49. The molecule has 31 heavy (non-hydrogen) atoms. The fraction of sp³-hybridized carbons (Fsp3) is 0.318. The molecule has 6 nitrogen and oxygen atoms in total. The number of amides is 1. The average molecular weight is 449 g/mol. The number of aromatic nitrogens is 2. The van der Waals surface area contributed by atoms with Gasteiger partial charge < -0.3 is 14.9 Å². The first kappa shape index (κ1) is 22.8. The summed E-state index contributed by atoms with van der Waals surface area (Å²) in [5, 5.41) is 9.96. The van der Waals surface area contributed by atoms with Crippen molar-refractivity contribution >= 4 is 39.8 Å². The van der Waals surface area contributed by atoms with Crippen molar-refractivity contribution in [1.82, 2.24) is 14.9 Å². The molecule has 1 aromatic carbocycles. The molecule has 0 aliphatic carbocycles. The van der Waals surface area contributed by atoms with Crippen molar-refractivity contribution < 1.29 is 18.7 Å². The summed E-state index contributed by atoms with van der Waals surface area (Å²) >= 11 is 6.33. The zero-order chi connectivity index (χ0) is 22.5. The van der Waals surface area contributed by atoms with E-state index < -0.39 is 18.3 Å². The molecule has 1 saturated heterocycles. The minimum Gasteiger partial charge on any atom is -0.392 e. The normalized spacial score (nSPS) is 15.9. The van der Waals surface area contributed by atoms with E-state index in [1.807, 2.05) is 4.90 Å². The fourth-order valence-electron chi connectivity index (χ4n) is 3.55. The fourth-order valence-corrected chi connectivity index (χ4v) is 3.86. The molecule has 164 valence electrons. The number of allylic oxidation sites excluding steroid dienone is 4. The highest BCUT2D eigenvalue weighted by molar-refractivity contribution is 6.33. The Hall–Kier alpha value is -2.84. The third kappa shape index (κ3) is 4.60. The second-order valence-electron chi connectivity index (χ2n) is 6.94. The third-order valence-electron chi connectivity index (χ3n) is 5.06. The Bertz CT molecular complexity index is 1080. The van der Waals surface area contributed by atoms with Gasteiger partial charge in [-0.15, -0.1) is 0 Å². The van der Waals surface area contributed by atoms with Crippen molar-refractivity contribution in [3.05, 3.63) is 58.9 Å². The van der Waals surface area contributed by atoms with E-state index in [0.717, 1.165) is 6.08 Å². The lowest BCUT2D eigenvalue weighted by molar-refractivity contribution is -0.126. The van der Waals surface area contributed by atoms with Gasteiger partial charge in [-0.1, -0.05) is 23.8 Å². The Balaban J connectivity index is 2.02. The minimum absolute atomic E-state index is 0.0175. The van der Waals surface area contributed by atoms with Crippen LogP contribution in [-0.2, 0) is 4.79 Å². The number of nitrogens with zero attached hydrogens (tertiary/aromatic N) is 4. The van der Waals surface area contributed by atoms with Crippen molar-refractivity contribution in [2.75, 3.05) is 37.7 Å². The summed E-state index contributed by atoms with van der Waals surface area (Å²) in [7, 11) is 0. The molecule has 2 aromatic rings. The number of anilines is 1. The SMILES string of the molecule is C/C=C\C(F)=C(/CO)c1c(Cl)cc2c(N3CCN(C(=O)/C=C/C)CC3)ncnc2c1F. The molecular weight excluding hydrogens is 426 g/mol. The van der Waals surface area contributed by atoms with E-state index in [0.29, 0.717) is 37.4 Å². The van der Waals surface area contributed by atoms with E-state index in [2.05, 4.69) is 9.97 Å². The summed E-state index contributed by atoms with van der Waals surface area (Å²) < 4.78 is 29.7. The van der Waals surface area contributed by atoms with Gasteiger partial charge in [0, 0.05) is 42.7 Å². The Morgan fingerprint density at radius 3 is 2.48 bits per heavy atom. The second-order valence-corrected chi connectivity index (χ2v) is 7.34. The van der Waals surface area contributed by atoms with Gasteiger partial charge in [-0.05, 0) is 32.1 Å². The lowest BCUT2D eigenvalue weighted by atomic mass is 10.0. The van der Waals surface area contributed by atoms with Crippen LogP contribution in [0.1, 0.15) is 19.4 Å². The topological polar surface area (TPSA) is 69.6 Å². The van der Waals surface area contributed by atoms with Crippen LogP contribution >= 0.6 is 11.6 Å². The molecular formula is C22H23ClF2N4O2. The first-order valence-corrected chi connectivity index (χ1v) is 10.2. The summed E-state index contributed by atoms with van der Waals surface area (Å²) in [4.78, 5) is 24.0. The number of hydrogen-bond donors (Lipinski definition) is 1. The van der Waals surface area contributed by atoms with E-state index in [4.69, 9.17) is 11.6 Å². The van der Waals surface area contributed by atoms with Gasteiger partial charge in [0.15, 0.2) is 5.82 Å². The second kappa shape index (κ2) is 9.98. The van der Waals surface area contributed by atoms with Crippen LogP contribution in [0.5, 0.6) is 0 Å².